The monoisotopic (exact) mass is 943 g/mol. The van der Waals surface area contributed by atoms with Crippen LogP contribution < -0.4 is 9.64 Å². The standard InChI is InChI=1S/C50H51F2N9O6S/c1-5-37-40(51)19-14-31-8-6-9-38(41(31)37)43-42(52)44-39(23-53-43)46(58-24-33-15-16-34(25-58)61(33)48(62)67-49(2,3)4)56-47(55-44)66-28-50-20-7-21-59(50)26-35(22-50)65-27-30-10-17-36(18-11-30)68(63,64)60-29-54-45(57-60)32-12-13-32/h1,6,8-11,14,17-19,23,29,32-35H,7,12-13,15-16,20-22,24-28H2,2-4H3/t33-,34+,35-,50+/m1/s1. The van der Waals surface area contributed by atoms with Crippen molar-refractivity contribution >= 4 is 43.6 Å². The van der Waals surface area contributed by atoms with Crippen LogP contribution in [0.15, 0.2) is 72.0 Å². The second-order valence-electron chi connectivity index (χ2n) is 19.8. The Morgan fingerprint density at radius 1 is 0.971 bits per heavy atom. The quantitative estimate of drug-likeness (QED) is 0.117. The minimum absolute atomic E-state index is 0.00552. The number of benzene rings is 3. The first-order chi connectivity index (χ1) is 32.7. The van der Waals surface area contributed by atoms with Crippen molar-refractivity contribution in [3.63, 3.8) is 0 Å². The van der Waals surface area contributed by atoms with Gasteiger partial charge in [-0.3, -0.25) is 14.8 Å². The Morgan fingerprint density at radius 2 is 1.75 bits per heavy atom. The molecule has 3 aromatic carbocycles. The molecular weight excluding hydrogens is 893 g/mol. The lowest BCUT2D eigenvalue weighted by atomic mass is 9.94. The molecule has 6 aromatic rings. The highest BCUT2D eigenvalue weighted by Crippen LogP contribution is 2.43. The van der Waals surface area contributed by atoms with Gasteiger partial charge in [0.25, 0.3) is 10.0 Å². The smallest absolute Gasteiger partial charge is 0.410 e. The van der Waals surface area contributed by atoms with Crippen LogP contribution in [0, 0.1) is 24.0 Å². The third-order valence-electron chi connectivity index (χ3n) is 14.1. The number of halogens is 2. The van der Waals surface area contributed by atoms with Gasteiger partial charge in [-0.15, -0.1) is 15.6 Å². The molecule has 0 spiro atoms. The molecule has 1 amide bonds. The molecule has 2 bridgehead atoms. The second kappa shape index (κ2) is 16.7. The molecular formula is C50H51F2N9O6S. The van der Waals surface area contributed by atoms with Gasteiger partial charge < -0.3 is 19.1 Å². The van der Waals surface area contributed by atoms with Gasteiger partial charge >= 0.3 is 12.1 Å². The van der Waals surface area contributed by atoms with Gasteiger partial charge in [-0.05, 0) is 101 Å². The van der Waals surface area contributed by atoms with Crippen LogP contribution in [0.1, 0.15) is 88.6 Å². The Morgan fingerprint density at radius 3 is 2.49 bits per heavy atom. The van der Waals surface area contributed by atoms with Crippen molar-refractivity contribution in [1.82, 2.24) is 38.9 Å². The van der Waals surface area contributed by atoms with Crippen LogP contribution in [0.3, 0.4) is 0 Å². The van der Waals surface area contributed by atoms with Crippen LogP contribution >= 0.6 is 0 Å². The number of terminal acetylenes is 1. The zero-order chi connectivity index (χ0) is 47.1. The number of carbonyl (C=O) groups is 1. The summed E-state index contributed by atoms with van der Waals surface area (Å²) in [4.78, 5) is 38.4. The van der Waals surface area contributed by atoms with Crippen molar-refractivity contribution in [2.24, 2.45) is 0 Å². The molecule has 7 heterocycles. The number of fused-ring (bicyclic) bond motifs is 5. The Kier molecular flexibility index (Phi) is 10.9. The zero-order valence-electron chi connectivity index (χ0n) is 38.1. The molecule has 11 rings (SSSR count). The van der Waals surface area contributed by atoms with Crippen LogP contribution in [0.5, 0.6) is 6.01 Å². The maximum atomic E-state index is 17.4. The predicted octanol–water partition coefficient (Wildman–Crippen LogP) is 7.60. The minimum atomic E-state index is -3.88. The van der Waals surface area contributed by atoms with E-state index >= 15 is 8.78 Å². The van der Waals surface area contributed by atoms with Gasteiger partial charge in [-0.1, -0.05) is 42.3 Å². The molecule has 5 fully saturated rings. The van der Waals surface area contributed by atoms with Crippen molar-refractivity contribution in [2.45, 2.75) is 112 Å². The van der Waals surface area contributed by atoms with Gasteiger partial charge in [0.05, 0.1) is 46.2 Å². The molecule has 0 unspecified atom stereocenters. The third-order valence-corrected chi connectivity index (χ3v) is 15.6. The van der Waals surface area contributed by atoms with Crippen LogP contribution in [0.4, 0.5) is 19.4 Å². The van der Waals surface area contributed by atoms with Crippen molar-refractivity contribution in [1.29, 1.82) is 0 Å². The Labute approximate surface area is 392 Å². The highest BCUT2D eigenvalue weighted by molar-refractivity contribution is 7.89. The number of amides is 1. The largest absolute Gasteiger partial charge is 0.461 e. The summed E-state index contributed by atoms with van der Waals surface area (Å²) in [6, 6.07) is 14.4. The summed E-state index contributed by atoms with van der Waals surface area (Å²) < 4.78 is 78.8. The number of pyridine rings is 1. The number of rotatable bonds is 11. The number of piperazine rings is 1. The molecule has 18 heteroatoms. The highest BCUT2D eigenvalue weighted by atomic mass is 32.2. The first-order valence-corrected chi connectivity index (χ1v) is 24.7. The van der Waals surface area contributed by atoms with Gasteiger partial charge in [0.2, 0.25) is 0 Å². The van der Waals surface area contributed by atoms with E-state index < -0.39 is 32.8 Å². The van der Waals surface area contributed by atoms with E-state index in [4.69, 9.17) is 30.6 Å². The molecule has 4 atom stereocenters. The number of hydrogen-bond acceptors (Lipinski definition) is 13. The fourth-order valence-electron chi connectivity index (χ4n) is 10.7. The summed E-state index contributed by atoms with van der Waals surface area (Å²) in [7, 11) is -3.88. The van der Waals surface area contributed by atoms with E-state index in [0.717, 1.165) is 54.7 Å². The van der Waals surface area contributed by atoms with Crippen LogP contribution in [0.2, 0.25) is 0 Å². The molecule has 4 saturated heterocycles. The minimum Gasteiger partial charge on any atom is -0.461 e. The molecule has 5 aliphatic rings. The fraction of sp³-hybridized carbons (Fsp3) is 0.440. The van der Waals surface area contributed by atoms with Gasteiger partial charge in [-0.2, -0.15) is 18.4 Å². The van der Waals surface area contributed by atoms with Crippen molar-refractivity contribution in [2.75, 3.05) is 37.7 Å². The molecule has 4 aliphatic heterocycles. The van der Waals surface area contributed by atoms with Crippen molar-refractivity contribution in [3.8, 4) is 29.6 Å². The normalized spacial score (nSPS) is 22.8. The number of anilines is 1. The lowest BCUT2D eigenvalue weighted by Gasteiger charge is -2.42. The van der Waals surface area contributed by atoms with Crippen LogP contribution in [0.25, 0.3) is 32.9 Å². The van der Waals surface area contributed by atoms with Crippen molar-refractivity contribution in [3.05, 3.63) is 95.7 Å². The van der Waals surface area contributed by atoms with E-state index in [0.29, 0.717) is 59.4 Å². The SMILES string of the molecule is C#Cc1c(F)ccc2cccc(-c3ncc4c(N5C[C@H]6CC[C@@H](C5)N6C(=O)OC(C)(C)C)nc(OC[C@@]56CCCN5C[C@H](OCc5ccc(S(=O)(=O)n7cnc(C8CC8)n7)cc5)C6)nc4c3F)c12. The van der Waals surface area contributed by atoms with E-state index in [2.05, 4.69) is 30.8 Å². The van der Waals surface area contributed by atoms with Crippen LogP contribution in [-0.2, 0) is 26.1 Å². The van der Waals surface area contributed by atoms with E-state index in [1.165, 1.54) is 12.4 Å². The first-order valence-electron chi connectivity index (χ1n) is 23.2. The van der Waals surface area contributed by atoms with Gasteiger partial charge in [0.15, 0.2) is 11.6 Å². The summed E-state index contributed by atoms with van der Waals surface area (Å²) in [6.07, 6.45) is 14.1. The summed E-state index contributed by atoms with van der Waals surface area (Å²) in [5, 5.41) is 5.59. The highest BCUT2D eigenvalue weighted by Gasteiger charge is 2.50. The van der Waals surface area contributed by atoms with Crippen molar-refractivity contribution < 1.29 is 36.2 Å². The molecule has 352 valence electrons. The number of aromatic nitrogens is 6. The Bertz CT molecular complexity index is 3120. The molecule has 15 nitrogen and oxygen atoms in total. The Balaban J connectivity index is 0.862. The molecule has 3 aromatic heterocycles. The lowest BCUT2D eigenvalue weighted by Crippen LogP contribution is -2.57. The van der Waals surface area contributed by atoms with Gasteiger partial charge in [0, 0.05) is 42.7 Å². The number of carbonyl (C=O) groups excluding carboxylic acids is 1. The first kappa shape index (κ1) is 44.2. The number of nitrogens with zero attached hydrogens (tertiary/aromatic N) is 9. The van der Waals surface area contributed by atoms with E-state index in [9.17, 15) is 13.2 Å². The maximum Gasteiger partial charge on any atom is 0.410 e. The maximum absolute atomic E-state index is 17.4. The van der Waals surface area contributed by atoms with E-state index in [1.54, 1.807) is 54.7 Å². The average molecular weight is 944 g/mol. The number of ether oxygens (including phenoxy) is 3. The summed E-state index contributed by atoms with van der Waals surface area (Å²) in [5.74, 6) is 2.36. The predicted molar refractivity (Wildman–Crippen MR) is 248 cm³/mol. The second-order valence-corrected chi connectivity index (χ2v) is 21.6. The van der Waals surface area contributed by atoms with Gasteiger partial charge in [-0.25, -0.2) is 18.6 Å². The molecule has 0 N–H and O–H groups in total. The summed E-state index contributed by atoms with van der Waals surface area (Å²) in [5.41, 5.74) is 0.0740. The van der Waals surface area contributed by atoms with Crippen LogP contribution in [-0.4, -0.2) is 116 Å². The molecule has 1 aliphatic carbocycles. The number of hydrogen-bond donors (Lipinski definition) is 0. The topological polar surface area (TPSA) is 158 Å². The lowest BCUT2D eigenvalue weighted by molar-refractivity contribution is 0.0122. The van der Waals surface area contributed by atoms with Gasteiger partial charge in [0.1, 0.15) is 41.4 Å². The molecule has 0 radical (unpaired) electrons. The van der Waals surface area contributed by atoms with E-state index in [1.807, 2.05) is 25.7 Å². The third kappa shape index (κ3) is 7.97. The zero-order valence-corrected chi connectivity index (χ0v) is 38.9. The fourth-order valence-corrected chi connectivity index (χ4v) is 11.7. The molecule has 1 saturated carbocycles. The van der Waals surface area contributed by atoms with E-state index in [-0.39, 0.29) is 71.1 Å². The summed E-state index contributed by atoms with van der Waals surface area (Å²) in [6.45, 7) is 8.44. The molecule has 68 heavy (non-hydrogen) atoms. The summed E-state index contributed by atoms with van der Waals surface area (Å²) >= 11 is 0. The average Bonchev–Trinajstić information content (AvgIpc) is 3.59. The Hall–Kier alpha value is -6.29.